The molecule has 4 heterocycles. The third kappa shape index (κ3) is 2.47. The number of pyridine rings is 1. The molecular formula is C17H18N6O. The van der Waals surface area contributed by atoms with Crippen LogP contribution in [0.1, 0.15) is 16.1 Å². The van der Waals surface area contributed by atoms with Crippen molar-refractivity contribution in [3.05, 3.63) is 54.4 Å². The van der Waals surface area contributed by atoms with Gasteiger partial charge in [0.05, 0.1) is 11.7 Å². The van der Waals surface area contributed by atoms with E-state index in [1.165, 1.54) is 5.69 Å². The third-order valence-corrected chi connectivity index (χ3v) is 4.43. The Morgan fingerprint density at radius 1 is 1.08 bits per heavy atom. The molecule has 1 aliphatic rings. The highest BCUT2D eigenvalue weighted by atomic mass is 16.2. The molecule has 0 aromatic carbocycles. The van der Waals surface area contributed by atoms with Crippen LogP contribution in [0.2, 0.25) is 0 Å². The molecule has 3 aromatic rings. The molecule has 7 heteroatoms. The number of anilines is 1. The zero-order valence-corrected chi connectivity index (χ0v) is 13.5. The second kappa shape index (κ2) is 5.92. The molecule has 0 spiro atoms. The normalized spacial score (nSPS) is 15.0. The number of rotatable bonds is 2. The van der Waals surface area contributed by atoms with E-state index in [1.807, 2.05) is 29.4 Å². The number of aromatic nitrogens is 4. The van der Waals surface area contributed by atoms with Gasteiger partial charge < -0.3 is 9.80 Å². The topological polar surface area (TPSA) is 66.6 Å². The largest absolute Gasteiger partial charge is 0.368 e. The molecule has 0 saturated carbocycles. The summed E-state index contributed by atoms with van der Waals surface area (Å²) in [5.74, 6) is -0.0350. The molecule has 0 atom stereocenters. The van der Waals surface area contributed by atoms with Crippen molar-refractivity contribution in [2.45, 2.75) is 6.92 Å². The maximum Gasteiger partial charge on any atom is 0.274 e. The van der Waals surface area contributed by atoms with Crippen molar-refractivity contribution in [1.82, 2.24) is 24.5 Å². The van der Waals surface area contributed by atoms with Crippen molar-refractivity contribution in [3.63, 3.8) is 0 Å². The highest BCUT2D eigenvalue weighted by Crippen LogP contribution is 2.20. The predicted molar refractivity (Wildman–Crippen MR) is 90.1 cm³/mol. The van der Waals surface area contributed by atoms with E-state index < -0.39 is 0 Å². The van der Waals surface area contributed by atoms with Crippen LogP contribution in [0.25, 0.3) is 5.52 Å². The lowest BCUT2D eigenvalue weighted by atomic mass is 10.2. The molecule has 0 aliphatic carbocycles. The predicted octanol–water partition coefficient (Wildman–Crippen LogP) is 1.40. The first-order valence-corrected chi connectivity index (χ1v) is 7.97. The first kappa shape index (κ1) is 14.6. The van der Waals surface area contributed by atoms with E-state index in [0.29, 0.717) is 18.8 Å². The maximum atomic E-state index is 12.8. The lowest BCUT2D eigenvalue weighted by Crippen LogP contribution is -2.49. The highest BCUT2D eigenvalue weighted by Gasteiger charge is 2.25. The second-order valence-corrected chi connectivity index (χ2v) is 5.88. The van der Waals surface area contributed by atoms with Crippen LogP contribution in [0.4, 0.5) is 5.69 Å². The molecule has 0 unspecified atom stereocenters. The smallest absolute Gasteiger partial charge is 0.274 e. The number of nitrogens with zero attached hydrogens (tertiary/aromatic N) is 6. The summed E-state index contributed by atoms with van der Waals surface area (Å²) in [6.45, 7) is 5.02. The van der Waals surface area contributed by atoms with Crippen molar-refractivity contribution < 1.29 is 4.79 Å². The van der Waals surface area contributed by atoms with E-state index in [4.69, 9.17) is 0 Å². The van der Waals surface area contributed by atoms with Crippen LogP contribution in [0, 0.1) is 6.92 Å². The van der Waals surface area contributed by atoms with Gasteiger partial charge in [-0.2, -0.15) is 5.10 Å². The Kier molecular flexibility index (Phi) is 3.60. The monoisotopic (exact) mass is 322 g/mol. The maximum absolute atomic E-state index is 12.8. The summed E-state index contributed by atoms with van der Waals surface area (Å²) < 4.78 is 1.68. The fraction of sp³-hybridized carbons (Fsp3) is 0.294. The van der Waals surface area contributed by atoms with E-state index in [-0.39, 0.29) is 5.91 Å². The Morgan fingerprint density at radius 3 is 2.71 bits per heavy atom. The summed E-state index contributed by atoms with van der Waals surface area (Å²) in [6.07, 6.45) is 8.72. The number of hydrogen-bond acceptors (Lipinski definition) is 5. The molecule has 4 rings (SSSR count). The molecule has 0 bridgehead atoms. The van der Waals surface area contributed by atoms with Crippen molar-refractivity contribution in [3.8, 4) is 0 Å². The lowest BCUT2D eigenvalue weighted by Gasteiger charge is -2.36. The van der Waals surface area contributed by atoms with Gasteiger partial charge in [0.2, 0.25) is 0 Å². The van der Waals surface area contributed by atoms with Gasteiger partial charge in [0.1, 0.15) is 0 Å². The summed E-state index contributed by atoms with van der Waals surface area (Å²) in [7, 11) is 0. The first-order chi connectivity index (χ1) is 11.7. The summed E-state index contributed by atoms with van der Waals surface area (Å²) in [5.41, 5.74) is 3.55. The molecule has 1 aliphatic heterocycles. The van der Waals surface area contributed by atoms with Gasteiger partial charge in [-0.3, -0.25) is 9.78 Å². The SMILES string of the molecule is Cc1cnccc1N1CCN(C(=O)c2nccn3nccc23)CC1. The number of piperazine rings is 1. The molecule has 24 heavy (non-hydrogen) atoms. The van der Waals surface area contributed by atoms with Gasteiger partial charge >= 0.3 is 0 Å². The number of hydrogen-bond donors (Lipinski definition) is 0. The van der Waals surface area contributed by atoms with Gasteiger partial charge in [-0.15, -0.1) is 0 Å². The van der Waals surface area contributed by atoms with Crippen LogP contribution in [0.15, 0.2) is 43.1 Å². The highest BCUT2D eigenvalue weighted by molar-refractivity contribution is 5.98. The minimum absolute atomic E-state index is 0.0350. The molecule has 0 radical (unpaired) electrons. The number of amides is 1. The minimum Gasteiger partial charge on any atom is -0.368 e. The quantitative estimate of drug-likeness (QED) is 0.713. The second-order valence-electron chi connectivity index (χ2n) is 5.88. The molecular weight excluding hydrogens is 304 g/mol. The lowest BCUT2D eigenvalue weighted by molar-refractivity contribution is 0.0742. The number of carbonyl (C=O) groups excluding carboxylic acids is 1. The number of carbonyl (C=O) groups is 1. The molecule has 1 saturated heterocycles. The molecule has 122 valence electrons. The fourth-order valence-corrected chi connectivity index (χ4v) is 3.14. The Labute approximate surface area is 139 Å². The summed E-state index contributed by atoms with van der Waals surface area (Å²) in [4.78, 5) is 25.4. The van der Waals surface area contributed by atoms with Crippen LogP contribution in [-0.4, -0.2) is 56.6 Å². The van der Waals surface area contributed by atoms with Crippen molar-refractivity contribution in [2.75, 3.05) is 31.1 Å². The fourth-order valence-electron chi connectivity index (χ4n) is 3.14. The summed E-state index contributed by atoms with van der Waals surface area (Å²) in [6, 6.07) is 3.85. The van der Waals surface area contributed by atoms with Gasteiger partial charge in [0.25, 0.3) is 5.91 Å². The standard InChI is InChI=1S/C17H18N6O/c1-13-12-18-4-2-14(13)21-8-10-22(11-9-21)17(24)16-15-3-5-20-23(15)7-6-19-16/h2-7,12H,8-11H2,1H3. The van der Waals surface area contributed by atoms with Crippen molar-refractivity contribution in [2.24, 2.45) is 0 Å². The van der Waals surface area contributed by atoms with Crippen molar-refractivity contribution >= 4 is 17.1 Å². The van der Waals surface area contributed by atoms with Crippen molar-refractivity contribution in [1.29, 1.82) is 0 Å². The van der Waals surface area contributed by atoms with E-state index in [1.54, 1.807) is 23.1 Å². The van der Waals surface area contributed by atoms with Crippen LogP contribution < -0.4 is 4.90 Å². The van der Waals surface area contributed by atoms with Crippen LogP contribution in [0.3, 0.4) is 0 Å². The van der Waals surface area contributed by atoms with Gasteiger partial charge in [0, 0.05) is 56.7 Å². The third-order valence-electron chi connectivity index (χ3n) is 4.43. The van der Waals surface area contributed by atoms with E-state index in [9.17, 15) is 4.79 Å². The van der Waals surface area contributed by atoms with Gasteiger partial charge in [-0.1, -0.05) is 0 Å². The number of aryl methyl sites for hydroxylation is 1. The van der Waals surface area contributed by atoms with E-state index in [0.717, 1.165) is 24.2 Å². The van der Waals surface area contributed by atoms with Gasteiger partial charge in [-0.25, -0.2) is 9.50 Å². The Morgan fingerprint density at radius 2 is 1.92 bits per heavy atom. The molecule has 3 aromatic heterocycles. The first-order valence-electron chi connectivity index (χ1n) is 7.97. The number of fused-ring (bicyclic) bond motifs is 1. The average Bonchev–Trinajstić information content (AvgIpc) is 3.10. The van der Waals surface area contributed by atoms with Gasteiger partial charge in [-0.05, 0) is 24.6 Å². The minimum atomic E-state index is -0.0350. The van der Waals surface area contributed by atoms with Crippen LogP contribution in [0.5, 0.6) is 0 Å². The summed E-state index contributed by atoms with van der Waals surface area (Å²) >= 11 is 0. The molecule has 1 fully saturated rings. The molecule has 0 N–H and O–H groups in total. The van der Waals surface area contributed by atoms with Crippen LogP contribution >= 0.6 is 0 Å². The zero-order chi connectivity index (χ0) is 16.5. The Hall–Kier alpha value is -2.96. The molecule has 1 amide bonds. The summed E-state index contributed by atoms with van der Waals surface area (Å²) in [5, 5.41) is 4.16. The Balaban J connectivity index is 1.51. The van der Waals surface area contributed by atoms with E-state index >= 15 is 0 Å². The van der Waals surface area contributed by atoms with Gasteiger partial charge in [0.15, 0.2) is 5.69 Å². The molecule has 7 nitrogen and oxygen atoms in total. The van der Waals surface area contributed by atoms with Crippen LogP contribution in [-0.2, 0) is 0 Å². The van der Waals surface area contributed by atoms with E-state index in [2.05, 4.69) is 26.9 Å². The Bertz CT molecular complexity index is 881. The average molecular weight is 322 g/mol. The zero-order valence-electron chi connectivity index (χ0n) is 13.5.